The maximum atomic E-state index is 11.5. The standard InChI is InChI=1S/C13H18N4O3/c1-2-5-13(12(19)20)6-7-17(8-13)10-4-3-9(11(14)18)15-16-10/h3-4H,2,5-8H2,1H3,(H2,14,18)(H,19,20). The van der Waals surface area contributed by atoms with E-state index in [1.54, 1.807) is 6.07 Å². The number of nitrogens with two attached hydrogens (primary N) is 1. The van der Waals surface area contributed by atoms with Gasteiger partial charge >= 0.3 is 5.97 Å². The van der Waals surface area contributed by atoms with Crippen LogP contribution in [0.2, 0.25) is 0 Å². The monoisotopic (exact) mass is 278 g/mol. The lowest BCUT2D eigenvalue weighted by Crippen LogP contribution is -2.35. The van der Waals surface area contributed by atoms with Crippen LogP contribution in [0.4, 0.5) is 5.82 Å². The lowest BCUT2D eigenvalue weighted by Gasteiger charge is -2.24. The van der Waals surface area contributed by atoms with Crippen LogP contribution in [0.1, 0.15) is 36.7 Å². The molecule has 0 radical (unpaired) electrons. The summed E-state index contributed by atoms with van der Waals surface area (Å²) in [6, 6.07) is 3.15. The first-order valence-electron chi connectivity index (χ1n) is 6.60. The van der Waals surface area contributed by atoms with Crippen molar-refractivity contribution in [2.75, 3.05) is 18.0 Å². The molecule has 3 N–H and O–H groups in total. The van der Waals surface area contributed by atoms with Gasteiger partial charge in [-0.2, -0.15) is 0 Å². The third-order valence-corrected chi connectivity index (χ3v) is 3.76. The molecule has 1 atom stereocenters. The minimum Gasteiger partial charge on any atom is -0.481 e. The summed E-state index contributed by atoms with van der Waals surface area (Å²) in [5.74, 6) is -0.811. The molecule has 0 spiro atoms. The number of anilines is 1. The Labute approximate surface area is 116 Å². The van der Waals surface area contributed by atoms with Crippen LogP contribution in [0.25, 0.3) is 0 Å². The summed E-state index contributed by atoms with van der Waals surface area (Å²) in [7, 11) is 0. The Morgan fingerprint density at radius 1 is 1.45 bits per heavy atom. The minimum atomic E-state index is -0.761. The zero-order valence-corrected chi connectivity index (χ0v) is 11.4. The number of carbonyl (C=O) groups excluding carboxylic acids is 1. The number of carboxylic acids is 1. The van der Waals surface area contributed by atoms with Crippen molar-refractivity contribution in [1.29, 1.82) is 0 Å². The molecule has 1 aliphatic rings. The molecule has 2 heterocycles. The highest BCUT2D eigenvalue weighted by atomic mass is 16.4. The first kappa shape index (κ1) is 14.2. The first-order valence-corrected chi connectivity index (χ1v) is 6.60. The maximum absolute atomic E-state index is 11.5. The topological polar surface area (TPSA) is 109 Å². The number of carboxylic acid groups (broad SMARTS) is 1. The summed E-state index contributed by atoms with van der Waals surface area (Å²) < 4.78 is 0. The number of nitrogens with zero attached hydrogens (tertiary/aromatic N) is 3. The van der Waals surface area contributed by atoms with Crippen LogP contribution >= 0.6 is 0 Å². The van der Waals surface area contributed by atoms with E-state index >= 15 is 0 Å². The Hall–Kier alpha value is -2.18. The average Bonchev–Trinajstić information content (AvgIpc) is 2.85. The number of carbonyl (C=O) groups is 2. The van der Waals surface area contributed by atoms with Crippen molar-refractivity contribution in [3.63, 3.8) is 0 Å². The normalized spacial score (nSPS) is 21.9. The fourth-order valence-electron chi connectivity index (χ4n) is 2.66. The molecular weight excluding hydrogens is 260 g/mol. The largest absolute Gasteiger partial charge is 0.481 e. The third kappa shape index (κ3) is 2.56. The zero-order valence-electron chi connectivity index (χ0n) is 11.4. The SMILES string of the molecule is CCCC1(C(=O)O)CCN(c2ccc(C(N)=O)nn2)C1. The molecule has 1 aromatic rings. The summed E-state index contributed by atoms with van der Waals surface area (Å²) in [4.78, 5) is 24.3. The van der Waals surface area contributed by atoms with Gasteiger partial charge in [-0.05, 0) is 25.0 Å². The summed E-state index contributed by atoms with van der Waals surface area (Å²) in [5, 5.41) is 17.1. The summed E-state index contributed by atoms with van der Waals surface area (Å²) in [5.41, 5.74) is 4.50. The number of amides is 1. The Morgan fingerprint density at radius 3 is 2.70 bits per heavy atom. The average molecular weight is 278 g/mol. The van der Waals surface area contributed by atoms with Crippen LogP contribution < -0.4 is 10.6 Å². The van der Waals surface area contributed by atoms with Crippen molar-refractivity contribution in [3.05, 3.63) is 17.8 Å². The molecule has 1 aromatic heterocycles. The van der Waals surface area contributed by atoms with Gasteiger partial charge < -0.3 is 15.7 Å². The first-order chi connectivity index (χ1) is 9.48. The lowest BCUT2D eigenvalue weighted by atomic mass is 9.83. The molecule has 1 saturated heterocycles. The van der Waals surface area contributed by atoms with E-state index in [1.165, 1.54) is 6.07 Å². The van der Waals surface area contributed by atoms with Gasteiger partial charge in [-0.3, -0.25) is 9.59 Å². The molecule has 0 saturated carbocycles. The molecule has 1 aliphatic heterocycles. The molecule has 0 aromatic carbocycles. The lowest BCUT2D eigenvalue weighted by molar-refractivity contribution is -0.148. The van der Waals surface area contributed by atoms with Crippen LogP contribution in [-0.4, -0.2) is 40.3 Å². The minimum absolute atomic E-state index is 0.103. The fraction of sp³-hybridized carbons (Fsp3) is 0.538. The van der Waals surface area contributed by atoms with E-state index in [4.69, 9.17) is 5.73 Å². The second-order valence-corrected chi connectivity index (χ2v) is 5.15. The van der Waals surface area contributed by atoms with Crippen molar-refractivity contribution < 1.29 is 14.7 Å². The Bertz CT molecular complexity index is 517. The maximum Gasteiger partial charge on any atom is 0.311 e. The second kappa shape index (κ2) is 5.44. The van der Waals surface area contributed by atoms with E-state index in [-0.39, 0.29) is 5.69 Å². The van der Waals surface area contributed by atoms with Gasteiger partial charge in [0.1, 0.15) is 0 Å². The van der Waals surface area contributed by atoms with Gasteiger partial charge in [0.2, 0.25) is 0 Å². The summed E-state index contributed by atoms with van der Waals surface area (Å²) in [6.45, 7) is 3.02. The number of primary amides is 1. The van der Waals surface area contributed by atoms with Crippen molar-refractivity contribution in [3.8, 4) is 0 Å². The van der Waals surface area contributed by atoms with Gasteiger partial charge in [-0.1, -0.05) is 13.3 Å². The summed E-state index contributed by atoms with van der Waals surface area (Å²) in [6.07, 6.45) is 2.06. The van der Waals surface area contributed by atoms with E-state index in [2.05, 4.69) is 10.2 Å². The predicted octanol–water partition coefficient (Wildman–Crippen LogP) is 0.657. The molecule has 7 heteroatoms. The van der Waals surface area contributed by atoms with Crippen LogP contribution in [0.15, 0.2) is 12.1 Å². The number of aromatic nitrogens is 2. The molecule has 7 nitrogen and oxygen atoms in total. The Morgan fingerprint density at radius 2 is 2.20 bits per heavy atom. The number of aliphatic carboxylic acids is 1. The highest BCUT2D eigenvalue weighted by Gasteiger charge is 2.44. The smallest absolute Gasteiger partial charge is 0.311 e. The van der Waals surface area contributed by atoms with Crippen LogP contribution in [-0.2, 0) is 4.79 Å². The van der Waals surface area contributed by atoms with Gasteiger partial charge in [0.05, 0.1) is 5.41 Å². The number of hydrogen-bond donors (Lipinski definition) is 2. The summed E-state index contributed by atoms with van der Waals surface area (Å²) >= 11 is 0. The van der Waals surface area contributed by atoms with E-state index in [1.807, 2.05) is 11.8 Å². The molecular formula is C13H18N4O3. The van der Waals surface area contributed by atoms with Crippen molar-refractivity contribution in [1.82, 2.24) is 10.2 Å². The molecule has 1 unspecified atom stereocenters. The van der Waals surface area contributed by atoms with Gasteiger partial charge in [0.15, 0.2) is 11.5 Å². The van der Waals surface area contributed by atoms with Crippen LogP contribution in [0.3, 0.4) is 0 Å². The van der Waals surface area contributed by atoms with Crippen molar-refractivity contribution >= 4 is 17.7 Å². The Balaban J connectivity index is 2.15. The van der Waals surface area contributed by atoms with Crippen LogP contribution in [0.5, 0.6) is 0 Å². The number of rotatable bonds is 5. The van der Waals surface area contributed by atoms with Crippen LogP contribution in [0, 0.1) is 5.41 Å². The van der Waals surface area contributed by atoms with E-state index < -0.39 is 17.3 Å². The fourth-order valence-corrected chi connectivity index (χ4v) is 2.66. The molecule has 1 amide bonds. The molecule has 20 heavy (non-hydrogen) atoms. The van der Waals surface area contributed by atoms with E-state index in [9.17, 15) is 14.7 Å². The molecule has 0 bridgehead atoms. The molecule has 108 valence electrons. The molecule has 0 aliphatic carbocycles. The van der Waals surface area contributed by atoms with Crippen molar-refractivity contribution in [2.24, 2.45) is 11.1 Å². The third-order valence-electron chi connectivity index (χ3n) is 3.76. The van der Waals surface area contributed by atoms with E-state index in [0.29, 0.717) is 31.7 Å². The Kier molecular flexibility index (Phi) is 3.87. The van der Waals surface area contributed by atoms with Gasteiger partial charge in [-0.25, -0.2) is 0 Å². The highest BCUT2D eigenvalue weighted by molar-refractivity contribution is 5.90. The molecule has 2 rings (SSSR count). The predicted molar refractivity (Wildman–Crippen MR) is 72.4 cm³/mol. The van der Waals surface area contributed by atoms with Gasteiger partial charge in [0.25, 0.3) is 5.91 Å². The molecule has 1 fully saturated rings. The zero-order chi connectivity index (χ0) is 14.8. The van der Waals surface area contributed by atoms with Gasteiger partial charge in [-0.15, -0.1) is 10.2 Å². The quantitative estimate of drug-likeness (QED) is 0.818. The number of hydrogen-bond acceptors (Lipinski definition) is 5. The van der Waals surface area contributed by atoms with E-state index in [0.717, 1.165) is 6.42 Å². The highest BCUT2D eigenvalue weighted by Crippen LogP contribution is 2.37. The second-order valence-electron chi connectivity index (χ2n) is 5.15. The van der Waals surface area contributed by atoms with Gasteiger partial charge in [0, 0.05) is 13.1 Å². The van der Waals surface area contributed by atoms with Crippen molar-refractivity contribution in [2.45, 2.75) is 26.2 Å².